The second-order valence-electron chi connectivity index (χ2n) is 12.6. The fourth-order valence-electron chi connectivity index (χ4n) is 5.49. The van der Waals surface area contributed by atoms with Crippen molar-refractivity contribution in [2.75, 3.05) is 13.7 Å². The van der Waals surface area contributed by atoms with Gasteiger partial charge in [-0.25, -0.2) is 14.2 Å². The third kappa shape index (κ3) is 8.28. The summed E-state index contributed by atoms with van der Waals surface area (Å²) in [5.41, 5.74) is 6.61. The number of nitrogens with one attached hydrogen (secondary N) is 1. The number of primary amides is 1. The average molecular weight is 682 g/mol. The first kappa shape index (κ1) is 35.1. The van der Waals surface area contributed by atoms with Gasteiger partial charge in [0.05, 0.1) is 23.7 Å². The maximum absolute atomic E-state index is 13.5. The molecule has 4 heterocycles. The molecule has 0 saturated heterocycles. The maximum atomic E-state index is 13.5. The highest BCUT2D eigenvalue weighted by atomic mass is 19.3. The number of aliphatic hydroxyl groups is 1. The SMILES string of the molecule is COc1nn2ccc(-c3ccc(F)nc3)cc2c1C(N)=O.C[C@@H](CC1CCC1)NC(=O)c1nn(C(F)F)c2cc(OCC(C)(C)O)ccc12. The molecule has 15 heteroatoms. The summed E-state index contributed by atoms with van der Waals surface area (Å²) in [6, 6.07) is 10.9. The van der Waals surface area contributed by atoms with Crippen LogP contribution in [0.5, 0.6) is 11.6 Å². The molecule has 1 aliphatic rings. The van der Waals surface area contributed by atoms with Crippen LogP contribution in [0.2, 0.25) is 0 Å². The van der Waals surface area contributed by atoms with Crippen molar-refractivity contribution in [3.05, 3.63) is 72.1 Å². The van der Waals surface area contributed by atoms with Crippen LogP contribution < -0.4 is 20.5 Å². The number of aromatic nitrogens is 5. The van der Waals surface area contributed by atoms with Gasteiger partial charge >= 0.3 is 6.55 Å². The molecule has 1 fully saturated rings. The smallest absolute Gasteiger partial charge is 0.333 e. The lowest BCUT2D eigenvalue weighted by Gasteiger charge is -2.28. The Kier molecular flexibility index (Phi) is 10.4. The second-order valence-corrected chi connectivity index (χ2v) is 12.6. The van der Waals surface area contributed by atoms with Crippen molar-refractivity contribution in [3.8, 4) is 22.8 Å². The van der Waals surface area contributed by atoms with E-state index in [1.807, 2.05) is 6.92 Å². The molecule has 0 spiro atoms. The van der Waals surface area contributed by atoms with Crippen molar-refractivity contribution in [1.82, 2.24) is 29.7 Å². The normalized spacial score (nSPS) is 13.9. The van der Waals surface area contributed by atoms with E-state index >= 15 is 0 Å². The van der Waals surface area contributed by atoms with Crippen molar-refractivity contribution in [1.29, 1.82) is 0 Å². The van der Waals surface area contributed by atoms with Crippen LogP contribution in [0.25, 0.3) is 27.5 Å². The predicted molar refractivity (Wildman–Crippen MR) is 175 cm³/mol. The summed E-state index contributed by atoms with van der Waals surface area (Å²) >= 11 is 0. The highest BCUT2D eigenvalue weighted by Crippen LogP contribution is 2.31. The first-order chi connectivity index (χ1) is 23.2. The number of ether oxygens (including phenoxy) is 2. The quantitative estimate of drug-likeness (QED) is 0.154. The van der Waals surface area contributed by atoms with Crippen LogP contribution in [0.4, 0.5) is 13.2 Å². The van der Waals surface area contributed by atoms with Gasteiger partial charge in [-0.3, -0.25) is 9.59 Å². The van der Waals surface area contributed by atoms with Gasteiger partial charge in [0.25, 0.3) is 11.8 Å². The monoisotopic (exact) mass is 681 g/mol. The van der Waals surface area contributed by atoms with Gasteiger partial charge < -0.3 is 25.6 Å². The number of methoxy groups -OCH3 is 1. The number of halogens is 3. The Bertz CT molecular complexity index is 1950. The van der Waals surface area contributed by atoms with Gasteiger partial charge in [0.1, 0.15) is 17.9 Å². The summed E-state index contributed by atoms with van der Waals surface area (Å²) < 4.78 is 52.3. The van der Waals surface area contributed by atoms with Crippen molar-refractivity contribution in [2.24, 2.45) is 11.7 Å². The molecule has 2 amide bonds. The first-order valence-corrected chi connectivity index (χ1v) is 15.7. The van der Waals surface area contributed by atoms with Crippen LogP contribution in [0.15, 0.2) is 54.9 Å². The van der Waals surface area contributed by atoms with Crippen LogP contribution >= 0.6 is 0 Å². The van der Waals surface area contributed by atoms with Crippen molar-refractivity contribution >= 4 is 28.2 Å². The van der Waals surface area contributed by atoms with E-state index in [9.17, 15) is 27.9 Å². The molecular formula is C34H38F3N7O5. The Morgan fingerprint density at radius 2 is 1.86 bits per heavy atom. The number of hydrogen-bond donors (Lipinski definition) is 3. The molecule has 0 aliphatic heterocycles. The molecule has 5 aromatic rings. The minimum absolute atomic E-state index is 0.00729. The van der Waals surface area contributed by atoms with E-state index in [2.05, 4.69) is 20.5 Å². The molecule has 4 aromatic heterocycles. The minimum atomic E-state index is -2.89. The van der Waals surface area contributed by atoms with Crippen molar-refractivity contribution in [3.63, 3.8) is 0 Å². The fraction of sp³-hybridized carbons (Fsp3) is 0.382. The lowest BCUT2D eigenvalue weighted by Crippen LogP contribution is -2.35. The second kappa shape index (κ2) is 14.5. The summed E-state index contributed by atoms with van der Waals surface area (Å²) in [6.45, 7) is 2.21. The number of pyridine rings is 2. The van der Waals surface area contributed by atoms with Gasteiger partial charge in [0, 0.05) is 35.5 Å². The van der Waals surface area contributed by atoms with Gasteiger partial charge in [-0.1, -0.05) is 19.3 Å². The zero-order valence-corrected chi connectivity index (χ0v) is 27.5. The summed E-state index contributed by atoms with van der Waals surface area (Å²) in [7, 11) is 1.42. The molecule has 1 atom stereocenters. The van der Waals surface area contributed by atoms with Gasteiger partial charge in [-0.15, -0.1) is 5.10 Å². The molecule has 1 aliphatic carbocycles. The molecule has 0 bridgehead atoms. The minimum Gasteiger partial charge on any atom is -0.491 e. The third-order valence-corrected chi connectivity index (χ3v) is 8.06. The van der Waals surface area contributed by atoms with E-state index in [4.69, 9.17) is 15.2 Å². The van der Waals surface area contributed by atoms with Crippen LogP contribution in [0, 0.1) is 11.9 Å². The van der Waals surface area contributed by atoms with Gasteiger partial charge in [0.2, 0.25) is 11.8 Å². The number of amides is 2. The Hall–Kier alpha value is -5.18. The fourth-order valence-corrected chi connectivity index (χ4v) is 5.49. The molecule has 4 N–H and O–H groups in total. The largest absolute Gasteiger partial charge is 0.491 e. The maximum Gasteiger partial charge on any atom is 0.333 e. The van der Waals surface area contributed by atoms with Gasteiger partial charge in [-0.05, 0) is 75.1 Å². The topological polar surface area (TPSA) is 159 Å². The zero-order chi connectivity index (χ0) is 35.5. The van der Waals surface area contributed by atoms with E-state index in [1.54, 1.807) is 50.4 Å². The van der Waals surface area contributed by atoms with E-state index in [0.29, 0.717) is 27.3 Å². The van der Waals surface area contributed by atoms with E-state index in [1.165, 1.54) is 49.2 Å². The number of nitrogens with two attached hydrogens (primary N) is 1. The summed E-state index contributed by atoms with van der Waals surface area (Å²) in [5, 5.41) is 21.0. The predicted octanol–water partition coefficient (Wildman–Crippen LogP) is 5.53. The number of carbonyl (C=O) groups excluding carboxylic acids is 2. The molecule has 49 heavy (non-hydrogen) atoms. The number of alkyl halides is 2. The average Bonchev–Trinajstić information content (AvgIpc) is 3.60. The Labute approximate surface area is 280 Å². The number of nitrogens with zero attached hydrogens (tertiary/aromatic N) is 5. The molecule has 1 aromatic carbocycles. The first-order valence-electron chi connectivity index (χ1n) is 15.7. The highest BCUT2D eigenvalue weighted by Gasteiger charge is 2.25. The zero-order valence-electron chi connectivity index (χ0n) is 27.5. The Morgan fingerprint density at radius 3 is 2.45 bits per heavy atom. The van der Waals surface area contributed by atoms with E-state index in [-0.39, 0.29) is 35.3 Å². The number of fused-ring (bicyclic) bond motifs is 2. The summed E-state index contributed by atoms with van der Waals surface area (Å²) in [5.74, 6) is -0.527. The molecule has 0 unspecified atom stereocenters. The Morgan fingerprint density at radius 1 is 1.10 bits per heavy atom. The van der Waals surface area contributed by atoms with Gasteiger partial charge in [0.15, 0.2) is 5.69 Å². The number of rotatable bonds is 11. The molecular weight excluding hydrogens is 643 g/mol. The van der Waals surface area contributed by atoms with Crippen LogP contribution in [0.1, 0.15) is 73.9 Å². The van der Waals surface area contributed by atoms with E-state index in [0.717, 1.165) is 17.5 Å². The molecule has 6 rings (SSSR count). The van der Waals surface area contributed by atoms with Crippen molar-refractivity contribution < 1.29 is 37.3 Å². The molecule has 0 radical (unpaired) electrons. The standard InChI is InChI=1S/C20H27F2N3O3.C14H11FN4O2/c1-12(9-13-5-4-6-13)23-18(26)17-15-8-7-14(28-11-20(2,3)27)10-16(15)25(24-17)19(21)22;1-21-14-12(13(16)20)10-6-8(4-5-19(10)18-14)9-2-3-11(15)17-7-9/h7-8,10,12-13,19,27H,4-6,9,11H2,1-3H3,(H,23,26);2-7H,1H3,(H2,16,20)/t12-;/m0./s1. The number of hydrogen-bond acceptors (Lipinski definition) is 8. The summed E-state index contributed by atoms with van der Waals surface area (Å²) in [6.07, 6.45) is 7.55. The van der Waals surface area contributed by atoms with Crippen LogP contribution in [0.3, 0.4) is 0 Å². The molecule has 1 saturated carbocycles. The van der Waals surface area contributed by atoms with Crippen molar-refractivity contribution in [2.45, 2.75) is 64.6 Å². The van der Waals surface area contributed by atoms with Gasteiger partial charge in [-0.2, -0.15) is 18.3 Å². The van der Waals surface area contributed by atoms with Crippen LogP contribution in [-0.4, -0.2) is 66.7 Å². The van der Waals surface area contributed by atoms with E-state index < -0.39 is 29.9 Å². The number of carbonyl (C=O) groups is 2. The Balaban J connectivity index is 0.000000199. The van der Waals surface area contributed by atoms with Crippen LogP contribution in [-0.2, 0) is 0 Å². The third-order valence-electron chi connectivity index (χ3n) is 8.06. The number of benzene rings is 1. The lowest BCUT2D eigenvalue weighted by molar-refractivity contribution is 0.0284. The molecule has 12 nitrogen and oxygen atoms in total. The highest BCUT2D eigenvalue weighted by molar-refractivity contribution is 6.05. The molecule has 260 valence electrons. The lowest BCUT2D eigenvalue weighted by atomic mass is 9.81. The summed E-state index contributed by atoms with van der Waals surface area (Å²) in [4.78, 5) is 27.8.